The van der Waals surface area contributed by atoms with Crippen LogP contribution in [0.25, 0.3) is 0 Å². The molecule has 4 nitrogen and oxygen atoms in total. The summed E-state index contributed by atoms with van der Waals surface area (Å²) in [7, 11) is 0. The van der Waals surface area contributed by atoms with Gasteiger partial charge in [-0.15, -0.1) is 0 Å². The molecule has 20 heavy (non-hydrogen) atoms. The Balaban J connectivity index is 2.08. The average molecular weight is 278 g/mol. The molecule has 1 aromatic carbocycles. The van der Waals surface area contributed by atoms with Crippen LogP contribution in [0.15, 0.2) is 18.2 Å². The Morgan fingerprint density at radius 3 is 2.80 bits per heavy atom. The highest BCUT2D eigenvalue weighted by atomic mass is 16.5. The molecule has 1 aliphatic carbocycles. The molecule has 1 fully saturated rings. The summed E-state index contributed by atoms with van der Waals surface area (Å²) in [5.74, 6) is 1.07. The maximum absolute atomic E-state index is 9.47. The monoisotopic (exact) mass is 278 g/mol. The Morgan fingerprint density at radius 2 is 2.10 bits per heavy atom. The van der Waals surface area contributed by atoms with Crippen LogP contribution in [-0.4, -0.2) is 23.9 Å². The summed E-state index contributed by atoms with van der Waals surface area (Å²) in [5, 5.41) is 13.0. The van der Waals surface area contributed by atoms with Gasteiger partial charge in [-0.1, -0.05) is 12.8 Å². The van der Waals surface area contributed by atoms with E-state index in [1.54, 1.807) is 0 Å². The molecule has 0 saturated heterocycles. The first-order valence-electron chi connectivity index (χ1n) is 7.53. The lowest BCUT2D eigenvalue weighted by atomic mass is 9.85. The minimum Gasteiger partial charge on any atom is -0.489 e. The van der Waals surface area contributed by atoms with Crippen molar-refractivity contribution in [1.29, 1.82) is 0 Å². The minimum absolute atomic E-state index is 0.104. The van der Waals surface area contributed by atoms with Crippen LogP contribution in [0.3, 0.4) is 0 Å². The van der Waals surface area contributed by atoms with E-state index in [0.717, 1.165) is 24.3 Å². The van der Waals surface area contributed by atoms with Crippen LogP contribution in [0, 0.1) is 5.92 Å². The third kappa shape index (κ3) is 3.79. The molecule has 1 aromatic rings. The highest BCUT2D eigenvalue weighted by Gasteiger charge is 2.24. The van der Waals surface area contributed by atoms with E-state index in [-0.39, 0.29) is 12.7 Å². The topological polar surface area (TPSA) is 67.5 Å². The van der Waals surface area contributed by atoms with Crippen molar-refractivity contribution in [3.05, 3.63) is 18.2 Å². The third-order valence-electron chi connectivity index (χ3n) is 3.87. The van der Waals surface area contributed by atoms with Gasteiger partial charge in [0.25, 0.3) is 0 Å². The molecule has 1 aliphatic rings. The van der Waals surface area contributed by atoms with Crippen molar-refractivity contribution < 1.29 is 9.84 Å². The summed E-state index contributed by atoms with van der Waals surface area (Å²) in [6.45, 7) is 4.23. The van der Waals surface area contributed by atoms with E-state index in [4.69, 9.17) is 10.5 Å². The molecule has 2 atom stereocenters. The maximum Gasteiger partial charge on any atom is 0.144 e. The van der Waals surface area contributed by atoms with E-state index >= 15 is 0 Å². The van der Waals surface area contributed by atoms with Crippen molar-refractivity contribution in [3.8, 4) is 5.75 Å². The summed E-state index contributed by atoms with van der Waals surface area (Å²) in [4.78, 5) is 0. The van der Waals surface area contributed by atoms with Gasteiger partial charge in [0.1, 0.15) is 5.75 Å². The van der Waals surface area contributed by atoms with Crippen molar-refractivity contribution in [1.82, 2.24) is 0 Å². The molecule has 2 unspecified atom stereocenters. The van der Waals surface area contributed by atoms with Gasteiger partial charge in [0.05, 0.1) is 11.8 Å². The third-order valence-corrected chi connectivity index (χ3v) is 3.87. The fourth-order valence-corrected chi connectivity index (χ4v) is 2.81. The maximum atomic E-state index is 9.47. The Kier molecular flexibility index (Phi) is 5.12. The van der Waals surface area contributed by atoms with Gasteiger partial charge in [0.15, 0.2) is 0 Å². The second-order valence-electron chi connectivity index (χ2n) is 5.90. The zero-order chi connectivity index (χ0) is 14.5. The Morgan fingerprint density at radius 1 is 1.35 bits per heavy atom. The van der Waals surface area contributed by atoms with E-state index in [9.17, 15) is 5.11 Å². The highest BCUT2D eigenvalue weighted by Crippen LogP contribution is 2.30. The van der Waals surface area contributed by atoms with Crippen LogP contribution < -0.4 is 15.8 Å². The first-order chi connectivity index (χ1) is 9.60. The quantitative estimate of drug-likeness (QED) is 0.724. The number of anilines is 2. The number of ether oxygens (including phenoxy) is 1. The zero-order valence-corrected chi connectivity index (χ0v) is 12.4. The minimum atomic E-state index is 0.104. The summed E-state index contributed by atoms with van der Waals surface area (Å²) in [6, 6.07) is 6.14. The molecule has 0 aromatic heterocycles. The fraction of sp³-hybridized carbons (Fsp3) is 0.625. The number of nitrogens with one attached hydrogen (secondary N) is 1. The second kappa shape index (κ2) is 6.84. The molecule has 0 heterocycles. The zero-order valence-electron chi connectivity index (χ0n) is 12.4. The number of rotatable bonds is 5. The second-order valence-corrected chi connectivity index (χ2v) is 5.90. The molecule has 0 radical (unpaired) electrons. The van der Waals surface area contributed by atoms with Crippen LogP contribution >= 0.6 is 0 Å². The van der Waals surface area contributed by atoms with Crippen molar-refractivity contribution in [3.63, 3.8) is 0 Å². The molecule has 2 rings (SSSR count). The Bertz CT molecular complexity index is 434. The lowest BCUT2D eigenvalue weighted by Crippen LogP contribution is -2.34. The Labute approximate surface area is 121 Å². The summed E-state index contributed by atoms with van der Waals surface area (Å²) in [6.07, 6.45) is 4.74. The van der Waals surface area contributed by atoms with Gasteiger partial charge in [0, 0.05) is 30.3 Å². The molecule has 0 bridgehead atoms. The number of hydrogen-bond acceptors (Lipinski definition) is 4. The van der Waals surface area contributed by atoms with E-state index in [0.29, 0.717) is 17.6 Å². The summed E-state index contributed by atoms with van der Waals surface area (Å²) in [5.41, 5.74) is 7.60. The van der Waals surface area contributed by atoms with Gasteiger partial charge in [-0.3, -0.25) is 0 Å². The SMILES string of the molecule is CC(C)Oc1cc(NC2CCCCC2CO)ccc1N. The smallest absolute Gasteiger partial charge is 0.144 e. The van der Waals surface area contributed by atoms with Gasteiger partial charge in [-0.25, -0.2) is 0 Å². The van der Waals surface area contributed by atoms with Gasteiger partial charge < -0.3 is 20.9 Å². The van der Waals surface area contributed by atoms with Gasteiger partial charge in [-0.2, -0.15) is 0 Å². The normalized spacial score (nSPS) is 22.8. The summed E-state index contributed by atoms with van der Waals surface area (Å²) < 4.78 is 5.71. The fourth-order valence-electron chi connectivity index (χ4n) is 2.81. The number of benzene rings is 1. The van der Waals surface area contributed by atoms with Crippen molar-refractivity contribution in [2.24, 2.45) is 5.92 Å². The predicted octanol–water partition coefficient (Wildman–Crippen LogP) is 3.02. The predicted molar refractivity (Wildman–Crippen MR) is 83.1 cm³/mol. The van der Waals surface area contributed by atoms with Crippen LogP contribution in [0.5, 0.6) is 5.75 Å². The van der Waals surface area contributed by atoms with Crippen molar-refractivity contribution in [2.45, 2.75) is 51.7 Å². The van der Waals surface area contributed by atoms with Crippen molar-refractivity contribution in [2.75, 3.05) is 17.7 Å². The van der Waals surface area contributed by atoms with E-state index < -0.39 is 0 Å². The molecule has 4 N–H and O–H groups in total. The van der Waals surface area contributed by atoms with E-state index in [1.807, 2.05) is 32.0 Å². The molecule has 0 amide bonds. The van der Waals surface area contributed by atoms with Crippen LogP contribution in [0.1, 0.15) is 39.5 Å². The van der Waals surface area contributed by atoms with E-state index in [2.05, 4.69) is 5.32 Å². The number of hydrogen-bond donors (Lipinski definition) is 3. The van der Waals surface area contributed by atoms with Gasteiger partial charge in [-0.05, 0) is 38.8 Å². The molecule has 0 spiro atoms. The van der Waals surface area contributed by atoms with Gasteiger partial charge >= 0.3 is 0 Å². The number of nitrogens with two attached hydrogens (primary N) is 1. The van der Waals surface area contributed by atoms with Crippen molar-refractivity contribution >= 4 is 11.4 Å². The molecule has 1 saturated carbocycles. The molecular formula is C16H26N2O2. The first-order valence-corrected chi connectivity index (χ1v) is 7.53. The highest BCUT2D eigenvalue weighted by molar-refractivity contribution is 5.61. The molecule has 0 aliphatic heterocycles. The standard InChI is InChI=1S/C16H26N2O2/c1-11(2)20-16-9-13(7-8-14(16)17)18-15-6-4-3-5-12(15)10-19/h7-9,11-12,15,18-19H,3-6,10,17H2,1-2H3. The lowest BCUT2D eigenvalue weighted by Gasteiger charge is -2.31. The molecule has 112 valence electrons. The molecule has 4 heteroatoms. The van der Waals surface area contributed by atoms with Gasteiger partial charge in [0.2, 0.25) is 0 Å². The molecular weight excluding hydrogens is 252 g/mol. The number of aliphatic hydroxyl groups is 1. The van der Waals surface area contributed by atoms with Crippen LogP contribution in [0.4, 0.5) is 11.4 Å². The Hall–Kier alpha value is -1.42. The average Bonchev–Trinajstić information content (AvgIpc) is 2.42. The largest absolute Gasteiger partial charge is 0.489 e. The summed E-state index contributed by atoms with van der Waals surface area (Å²) >= 11 is 0. The lowest BCUT2D eigenvalue weighted by molar-refractivity contribution is 0.178. The van der Waals surface area contributed by atoms with Crippen LogP contribution in [0.2, 0.25) is 0 Å². The number of nitrogen functional groups attached to an aromatic ring is 1. The van der Waals surface area contributed by atoms with E-state index in [1.165, 1.54) is 12.8 Å². The number of aliphatic hydroxyl groups excluding tert-OH is 1. The first kappa shape index (κ1) is 15.0. The van der Waals surface area contributed by atoms with Crippen LogP contribution in [-0.2, 0) is 0 Å².